The summed E-state index contributed by atoms with van der Waals surface area (Å²) in [6, 6.07) is 16.1. The van der Waals surface area contributed by atoms with E-state index in [-0.39, 0.29) is 6.04 Å². The maximum Gasteiger partial charge on any atom is 0.171 e. The zero-order valence-electron chi connectivity index (χ0n) is 13.2. The van der Waals surface area contributed by atoms with Crippen molar-refractivity contribution in [1.82, 2.24) is 5.32 Å². The van der Waals surface area contributed by atoms with Crippen LogP contribution in [-0.2, 0) is 0 Å². The molecule has 4 heteroatoms. The van der Waals surface area contributed by atoms with E-state index >= 15 is 0 Å². The average molecular weight is 314 g/mol. The van der Waals surface area contributed by atoms with Crippen LogP contribution in [0.25, 0.3) is 0 Å². The number of aryl methyl sites for hydroxylation is 2. The average Bonchev–Trinajstić information content (AvgIpc) is 2.49. The molecule has 0 aromatic heterocycles. The van der Waals surface area contributed by atoms with E-state index in [2.05, 4.69) is 36.6 Å². The van der Waals surface area contributed by atoms with E-state index in [0.29, 0.717) is 11.7 Å². The van der Waals surface area contributed by atoms with Gasteiger partial charge in [0.25, 0.3) is 0 Å². The van der Waals surface area contributed by atoms with Crippen LogP contribution in [0.3, 0.4) is 0 Å². The molecule has 0 fully saturated rings. The van der Waals surface area contributed by atoms with Gasteiger partial charge in [-0.05, 0) is 56.8 Å². The molecule has 116 valence electrons. The Kier molecular flexibility index (Phi) is 5.78. The highest BCUT2D eigenvalue weighted by atomic mass is 32.1. The molecule has 0 saturated carbocycles. The summed E-state index contributed by atoms with van der Waals surface area (Å²) in [4.78, 5) is 0. The van der Waals surface area contributed by atoms with Gasteiger partial charge in [0, 0.05) is 5.69 Å². The van der Waals surface area contributed by atoms with Crippen molar-refractivity contribution in [3.05, 3.63) is 59.7 Å². The van der Waals surface area contributed by atoms with Gasteiger partial charge in [-0.3, -0.25) is 0 Å². The Morgan fingerprint density at radius 2 is 1.86 bits per heavy atom. The van der Waals surface area contributed by atoms with Crippen molar-refractivity contribution in [3.8, 4) is 5.75 Å². The second kappa shape index (κ2) is 7.80. The molecule has 3 nitrogen and oxygen atoms in total. The topological polar surface area (TPSA) is 33.3 Å². The lowest BCUT2D eigenvalue weighted by Gasteiger charge is -2.18. The molecule has 0 saturated heterocycles. The highest BCUT2D eigenvalue weighted by Gasteiger charge is 2.06. The third-order valence-corrected chi connectivity index (χ3v) is 3.47. The van der Waals surface area contributed by atoms with E-state index in [4.69, 9.17) is 17.0 Å². The lowest BCUT2D eigenvalue weighted by Crippen LogP contribution is -2.39. The fraction of sp³-hybridized carbons (Fsp3) is 0.278. The number of hydrogen-bond donors (Lipinski definition) is 2. The summed E-state index contributed by atoms with van der Waals surface area (Å²) < 4.78 is 5.71. The standard InChI is InChI=1S/C18H22N2OS/c1-13-9-10-17(14(2)11-13)20-18(22)19-15(3)12-21-16-7-5-4-6-8-16/h4-11,15H,12H2,1-3H3,(H2,19,20,22). The largest absolute Gasteiger partial charge is 0.491 e. The van der Waals surface area contributed by atoms with E-state index in [1.807, 2.05) is 43.3 Å². The number of nitrogens with one attached hydrogen (secondary N) is 2. The van der Waals surface area contributed by atoms with Gasteiger partial charge in [-0.15, -0.1) is 0 Å². The number of thiocarbonyl (C=S) groups is 1. The number of anilines is 1. The Morgan fingerprint density at radius 3 is 2.55 bits per heavy atom. The summed E-state index contributed by atoms with van der Waals surface area (Å²) in [7, 11) is 0. The van der Waals surface area contributed by atoms with Crippen molar-refractivity contribution in [2.75, 3.05) is 11.9 Å². The van der Waals surface area contributed by atoms with Crippen molar-refractivity contribution in [1.29, 1.82) is 0 Å². The van der Waals surface area contributed by atoms with Gasteiger partial charge in [0.1, 0.15) is 12.4 Å². The van der Waals surface area contributed by atoms with Gasteiger partial charge in [0.05, 0.1) is 6.04 Å². The monoisotopic (exact) mass is 314 g/mol. The highest BCUT2D eigenvalue weighted by Crippen LogP contribution is 2.15. The molecule has 0 aliphatic heterocycles. The van der Waals surface area contributed by atoms with Crippen molar-refractivity contribution in [2.24, 2.45) is 0 Å². The molecule has 2 aromatic carbocycles. The zero-order chi connectivity index (χ0) is 15.9. The molecule has 2 rings (SSSR count). The fourth-order valence-electron chi connectivity index (χ4n) is 2.12. The van der Waals surface area contributed by atoms with Gasteiger partial charge in [0.2, 0.25) is 0 Å². The maximum absolute atomic E-state index is 5.71. The third kappa shape index (κ3) is 5.04. The van der Waals surface area contributed by atoms with E-state index in [1.165, 1.54) is 11.1 Å². The first-order valence-corrected chi connectivity index (χ1v) is 7.78. The molecule has 2 aromatic rings. The lowest BCUT2D eigenvalue weighted by atomic mass is 10.1. The van der Waals surface area contributed by atoms with Crippen molar-refractivity contribution in [2.45, 2.75) is 26.8 Å². The van der Waals surface area contributed by atoms with Crippen LogP contribution in [-0.4, -0.2) is 17.8 Å². The summed E-state index contributed by atoms with van der Waals surface area (Å²) >= 11 is 5.36. The molecule has 0 heterocycles. The third-order valence-electron chi connectivity index (χ3n) is 3.25. The van der Waals surface area contributed by atoms with Crippen LogP contribution in [0.1, 0.15) is 18.1 Å². The minimum Gasteiger partial charge on any atom is -0.491 e. The first kappa shape index (κ1) is 16.3. The van der Waals surface area contributed by atoms with Crippen molar-refractivity contribution < 1.29 is 4.74 Å². The quantitative estimate of drug-likeness (QED) is 0.816. The first-order chi connectivity index (χ1) is 10.5. The Bertz CT molecular complexity index is 628. The van der Waals surface area contributed by atoms with Gasteiger partial charge < -0.3 is 15.4 Å². The van der Waals surface area contributed by atoms with Crippen LogP contribution in [0.15, 0.2) is 48.5 Å². The number of para-hydroxylation sites is 1. The SMILES string of the molecule is Cc1ccc(NC(=S)NC(C)COc2ccccc2)c(C)c1. The Labute approximate surface area is 137 Å². The van der Waals surface area contributed by atoms with E-state index < -0.39 is 0 Å². The molecular formula is C18H22N2OS. The molecule has 0 aliphatic carbocycles. The Hall–Kier alpha value is -2.07. The lowest BCUT2D eigenvalue weighted by molar-refractivity contribution is 0.287. The molecule has 0 spiro atoms. The maximum atomic E-state index is 5.71. The van der Waals surface area contributed by atoms with E-state index in [0.717, 1.165) is 11.4 Å². The van der Waals surface area contributed by atoms with Crippen molar-refractivity contribution in [3.63, 3.8) is 0 Å². The highest BCUT2D eigenvalue weighted by molar-refractivity contribution is 7.80. The van der Waals surface area contributed by atoms with Gasteiger partial charge in [-0.25, -0.2) is 0 Å². The molecular weight excluding hydrogens is 292 g/mol. The van der Waals surface area contributed by atoms with E-state index in [1.54, 1.807) is 0 Å². The Balaban J connectivity index is 1.81. The zero-order valence-corrected chi connectivity index (χ0v) is 14.0. The van der Waals surface area contributed by atoms with Crippen LogP contribution in [0.4, 0.5) is 5.69 Å². The molecule has 0 radical (unpaired) electrons. The van der Waals surface area contributed by atoms with Crippen LogP contribution < -0.4 is 15.4 Å². The van der Waals surface area contributed by atoms with Gasteiger partial charge in [0.15, 0.2) is 5.11 Å². The molecule has 0 aliphatic rings. The summed E-state index contributed by atoms with van der Waals surface area (Å²) in [5.41, 5.74) is 3.45. The number of ether oxygens (including phenoxy) is 1. The minimum absolute atomic E-state index is 0.117. The Morgan fingerprint density at radius 1 is 1.14 bits per heavy atom. The smallest absolute Gasteiger partial charge is 0.171 e. The number of benzene rings is 2. The number of hydrogen-bond acceptors (Lipinski definition) is 2. The predicted octanol–water partition coefficient (Wildman–Crippen LogP) is 4.06. The minimum atomic E-state index is 0.117. The van der Waals surface area contributed by atoms with Crippen LogP contribution >= 0.6 is 12.2 Å². The van der Waals surface area contributed by atoms with Gasteiger partial charge in [-0.1, -0.05) is 35.9 Å². The molecule has 22 heavy (non-hydrogen) atoms. The second-order valence-corrected chi connectivity index (χ2v) is 5.85. The first-order valence-electron chi connectivity index (χ1n) is 7.37. The molecule has 1 atom stereocenters. The summed E-state index contributed by atoms with van der Waals surface area (Å²) in [5, 5.41) is 7.07. The van der Waals surface area contributed by atoms with Crippen LogP contribution in [0.2, 0.25) is 0 Å². The second-order valence-electron chi connectivity index (χ2n) is 5.44. The van der Waals surface area contributed by atoms with Crippen LogP contribution in [0, 0.1) is 13.8 Å². The van der Waals surface area contributed by atoms with Crippen LogP contribution in [0.5, 0.6) is 5.75 Å². The summed E-state index contributed by atoms with van der Waals surface area (Å²) in [5.74, 6) is 0.865. The predicted molar refractivity (Wildman–Crippen MR) is 96.7 cm³/mol. The fourth-order valence-corrected chi connectivity index (χ4v) is 2.43. The van der Waals surface area contributed by atoms with Crippen molar-refractivity contribution >= 4 is 23.0 Å². The molecule has 2 N–H and O–H groups in total. The molecule has 0 bridgehead atoms. The van der Waals surface area contributed by atoms with Gasteiger partial charge in [-0.2, -0.15) is 0 Å². The normalized spacial score (nSPS) is 11.6. The molecule has 0 amide bonds. The molecule has 1 unspecified atom stereocenters. The van der Waals surface area contributed by atoms with E-state index in [9.17, 15) is 0 Å². The number of rotatable bonds is 5. The summed E-state index contributed by atoms with van der Waals surface area (Å²) in [6.45, 7) is 6.74. The summed E-state index contributed by atoms with van der Waals surface area (Å²) in [6.07, 6.45) is 0. The van der Waals surface area contributed by atoms with Gasteiger partial charge >= 0.3 is 0 Å².